The lowest BCUT2D eigenvalue weighted by molar-refractivity contribution is -0.116. The number of rotatable bonds is 2. The molecule has 0 radical (unpaired) electrons. The van der Waals surface area contributed by atoms with Crippen molar-refractivity contribution >= 4 is 11.5 Å². The number of nitrogens with zero attached hydrogens (tertiary/aromatic N) is 1. The van der Waals surface area contributed by atoms with Gasteiger partial charge in [0.05, 0.1) is 6.54 Å². The maximum atomic E-state index is 11.3. The zero-order valence-electron chi connectivity index (χ0n) is 8.78. The van der Waals surface area contributed by atoms with Crippen LogP contribution in [0.15, 0.2) is 24.3 Å². The van der Waals surface area contributed by atoms with Crippen LogP contribution in [0.4, 0.5) is 5.69 Å². The summed E-state index contributed by atoms with van der Waals surface area (Å²) in [7, 11) is 0. The molecule has 78 valence electrons. The summed E-state index contributed by atoms with van der Waals surface area (Å²) in [5, 5.41) is 0. The summed E-state index contributed by atoms with van der Waals surface area (Å²) in [6, 6.07) is 8.56. The van der Waals surface area contributed by atoms with Gasteiger partial charge in [-0.25, -0.2) is 0 Å². The first-order valence-corrected chi connectivity index (χ1v) is 5.70. The van der Waals surface area contributed by atoms with E-state index >= 15 is 0 Å². The SMILES string of the molecule is O=C1CCN(c2ccccc2C2CC2)C1. The quantitative estimate of drug-likeness (QED) is 0.732. The Kier molecular flexibility index (Phi) is 2.01. The Bertz CT molecular complexity index is 395. The van der Waals surface area contributed by atoms with Crippen LogP contribution in [0, 0.1) is 0 Å². The molecule has 1 aliphatic heterocycles. The smallest absolute Gasteiger partial charge is 0.153 e. The van der Waals surface area contributed by atoms with E-state index in [1.807, 2.05) is 0 Å². The fraction of sp³-hybridized carbons (Fsp3) is 0.462. The predicted octanol–water partition coefficient (Wildman–Crippen LogP) is 2.34. The van der Waals surface area contributed by atoms with Crippen molar-refractivity contribution < 1.29 is 4.79 Å². The Morgan fingerprint density at radius 3 is 2.67 bits per heavy atom. The van der Waals surface area contributed by atoms with Crippen LogP contribution >= 0.6 is 0 Å². The molecule has 0 unspecified atom stereocenters. The third kappa shape index (κ3) is 1.65. The first-order valence-electron chi connectivity index (χ1n) is 5.70. The maximum absolute atomic E-state index is 11.3. The average molecular weight is 201 g/mol. The van der Waals surface area contributed by atoms with Gasteiger partial charge in [0.25, 0.3) is 0 Å². The monoisotopic (exact) mass is 201 g/mol. The largest absolute Gasteiger partial charge is 0.364 e. The van der Waals surface area contributed by atoms with Crippen molar-refractivity contribution in [1.29, 1.82) is 0 Å². The average Bonchev–Trinajstić information content (AvgIpc) is 3.02. The molecule has 1 aliphatic carbocycles. The van der Waals surface area contributed by atoms with Crippen molar-refractivity contribution in [2.45, 2.75) is 25.2 Å². The van der Waals surface area contributed by atoms with Gasteiger partial charge in [-0.1, -0.05) is 18.2 Å². The molecule has 0 aromatic heterocycles. The van der Waals surface area contributed by atoms with Gasteiger partial charge in [0.15, 0.2) is 5.78 Å². The number of carbonyl (C=O) groups excluding carboxylic acids is 1. The Morgan fingerprint density at radius 2 is 2.00 bits per heavy atom. The number of hydrogen-bond acceptors (Lipinski definition) is 2. The molecule has 2 heteroatoms. The predicted molar refractivity (Wildman–Crippen MR) is 60.3 cm³/mol. The van der Waals surface area contributed by atoms with Gasteiger partial charge in [0.2, 0.25) is 0 Å². The second-order valence-electron chi connectivity index (χ2n) is 4.54. The topological polar surface area (TPSA) is 20.3 Å². The Labute approximate surface area is 89.9 Å². The zero-order chi connectivity index (χ0) is 10.3. The Hall–Kier alpha value is -1.31. The van der Waals surface area contributed by atoms with E-state index in [1.165, 1.54) is 24.1 Å². The molecule has 0 N–H and O–H groups in total. The minimum absolute atomic E-state index is 0.376. The van der Waals surface area contributed by atoms with E-state index in [4.69, 9.17) is 0 Å². The first kappa shape index (κ1) is 8.96. The minimum Gasteiger partial charge on any atom is -0.364 e. The van der Waals surface area contributed by atoms with Crippen molar-refractivity contribution in [2.75, 3.05) is 18.0 Å². The molecule has 1 aromatic rings. The van der Waals surface area contributed by atoms with Crippen molar-refractivity contribution in [1.82, 2.24) is 0 Å². The molecule has 1 heterocycles. The molecule has 3 rings (SSSR count). The van der Waals surface area contributed by atoms with E-state index in [0.717, 1.165) is 18.9 Å². The normalized spacial score (nSPS) is 21.1. The summed E-state index contributed by atoms with van der Waals surface area (Å²) in [5.41, 5.74) is 2.75. The van der Waals surface area contributed by atoms with E-state index in [-0.39, 0.29) is 0 Å². The van der Waals surface area contributed by atoms with Crippen LogP contribution in [0.2, 0.25) is 0 Å². The third-order valence-corrected chi connectivity index (χ3v) is 3.32. The standard InChI is InChI=1S/C13H15NO/c15-11-7-8-14(9-11)13-4-2-1-3-12(13)10-5-6-10/h1-4,10H,5-9H2. The first-order chi connectivity index (χ1) is 7.34. The minimum atomic E-state index is 0.376. The van der Waals surface area contributed by atoms with Crippen LogP contribution in [0.3, 0.4) is 0 Å². The highest BCUT2D eigenvalue weighted by Crippen LogP contribution is 2.44. The lowest BCUT2D eigenvalue weighted by Gasteiger charge is -2.20. The molecule has 2 fully saturated rings. The fourth-order valence-electron chi connectivity index (χ4n) is 2.35. The van der Waals surface area contributed by atoms with Crippen LogP contribution in [0.5, 0.6) is 0 Å². The summed E-state index contributed by atoms with van der Waals surface area (Å²) >= 11 is 0. The lowest BCUT2D eigenvalue weighted by Crippen LogP contribution is -2.20. The highest BCUT2D eigenvalue weighted by molar-refractivity contribution is 5.87. The molecule has 1 saturated heterocycles. The molecular weight excluding hydrogens is 186 g/mol. The van der Waals surface area contributed by atoms with E-state index in [2.05, 4.69) is 29.2 Å². The van der Waals surface area contributed by atoms with Gasteiger partial charge in [-0.05, 0) is 30.4 Å². The highest BCUT2D eigenvalue weighted by Gasteiger charge is 2.29. The van der Waals surface area contributed by atoms with Crippen molar-refractivity contribution in [3.8, 4) is 0 Å². The number of Topliss-reactive ketones (excluding diaryl/α,β-unsaturated/α-hetero) is 1. The number of para-hydroxylation sites is 1. The zero-order valence-corrected chi connectivity index (χ0v) is 8.78. The molecule has 0 atom stereocenters. The van der Waals surface area contributed by atoms with Gasteiger partial charge in [-0.2, -0.15) is 0 Å². The molecule has 0 amide bonds. The number of benzene rings is 1. The molecule has 0 spiro atoms. The van der Waals surface area contributed by atoms with Crippen LogP contribution in [-0.4, -0.2) is 18.9 Å². The fourth-order valence-corrected chi connectivity index (χ4v) is 2.35. The van der Waals surface area contributed by atoms with Crippen molar-refractivity contribution in [3.05, 3.63) is 29.8 Å². The van der Waals surface area contributed by atoms with E-state index < -0.39 is 0 Å². The van der Waals surface area contributed by atoms with Crippen molar-refractivity contribution in [3.63, 3.8) is 0 Å². The molecule has 0 bridgehead atoms. The molecular formula is C13H15NO. The van der Waals surface area contributed by atoms with Gasteiger partial charge in [0, 0.05) is 18.7 Å². The van der Waals surface area contributed by atoms with Gasteiger partial charge < -0.3 is 4.90 Å². The lowest BCUT2D eigenvalue weighted by atomic mass is 10.1. The number of ketones is 1. The summed E-state index contributed by atoms with van der Waals surface area (Å²) in [6.07, 6.45) is 3.36. The molecule has 15 heavy (non-hydrogen) atoms. The van der Waals surface area contributed by atoms with Gasteiger partial charge >= 0.3 is 0 Å². The second-order valence-corrected chi connectivity index (χ2v) is 4.54. The van der Waals surface area contributed by atoms with Gasteiger partial charge in [-0.15, -0.1) is 0 Å². The number of carbonyl (C=O) groups is 1. The van der Waals surface area contributed by atoms with E-state index in [1.54, 1.807) is 0 Å². The van der Waals surface area contributed by atoms with Crippen LogP contribution in [0.25, 0.3) is 0 Å². The summed E-state index contributed by atoms with van der Waals surface area (Å²) < 4.78 is 0. The number of hydrogen-bond donors (Lipinski definition) is 0. The second kappa shape index (κ2) is 3.37. The Balaban J connectivity index is 1.92. The van der Waals surface area contributed by atoms with E-state index in [0.29, 0.717) is 12.3 Å². The molecule has 2 nitrogen and oxygen atoms in total. The third-order valence-electron chi connectivity index (χ3n) is 3.32. The Morgan fingerprint density at radius 1 is 1.20 bits per heavy atom. The van der Waals surface area contributed by atoms with Crippen LogP contribution < -0.4 is 4.90 Å². The molecule has 1 saturated carbocycles. The molecule has 1 aromatic carbocycles. The molecule has 2 aliphatic rings. The van der Waals surface area contributed by atoms with Crippen LogP contribution in [-0.2, 0) is 4.79 Å². The summed E-state index contributed by atoms with van der Waals surface area (Å²) in [4.78, 5) is 13.5. The summed E-state index contributed by atoms with van der Waals surface area (Å²) in [6.45, 7) is 1.52. The van der Waals surface area contributed by atoms with Crippen LogP contribution in [0.1, 0.15) is 30.7 Å². The van der Waals surface area contributed by atoms with Gasteiger partial charge in [0.1, 0.15) is 0 Å². The highest BCUT2D eigenvalue weighted by atomic mass is 16.1. The summed E-state index contributed by atoms with van der Waals surface area (Å²) in [5.74, 6) is 1.14. The maximum Gasteiger partial charge on any atom is 0.153 e. The van der Waals surface area contributed by atoms with Crippen molar-refractivity contribution in [2.24, 2.45) is 0 Å². The number of anilines is 1. The van der Waals surface area contributed by atoms with E-state index in [9.17, 15) is 4.79 Å². The van der Waals surface area contributed by atoms with Gasteiger partial charge in [-0.3, -0.25) is 4.79 Å².